The number of carboxylic acid groups (broad SMARTS) is 1. The van der Waals surface area contributed by atoms with Crippen LogP contribution in [-0.4, -0.2) is 56.0 Å². The summed E-state index contributed by atoms with van der Waals surface area (Å²) in [6, 6.07) is 10.8. The maximum atomic E-state index is 13.2. The molecule has 0 atom stereocenters. The smallest absolute Gasteiger partial charge is 0.419 e. The number of aliphatic carboxylic acids is 1. The number of nitrogens with one attached hydrogen (secondary N) is 2. The van der Waals surface area contributed by atoms with Gasteiger partial charge in [-0.2, -0.15) is 29.9 Å². The first kappa shape index (κ1) is 30.5. The van der Waals surface area contributed by atoms with Crippen LogP contribution in [0.15, 0.2) is 53.5 Å². The fourth-order valence-corrected chi connectivity index (χ4v) is 5.82. The van der Waals surface area contributed by atoms with Crippen molar-refractivity contribution in [1.29, 1.82) is 0 Å². The summed E-state index contributed by atoms with van der Waals surface area (Å²) in [4.78, 5) is 39.5. The Labute approximate surface area is 245 Å². The van der Waals surface area contributed by atoms with Crippen molar-refractivity contribution >= 4 is 56.8 Å². The van der Waals surface area contributed by atoms with Gasteiger partial charge in [0.1, 0.15) is 27.0 Å². The van der Waals surface area contributed by atoms with Crippen LogP contribution in [0.1, 0.15) is 30.7 Å². The number of hydrogen-bond donors (Lipinski definition) is 3. The van der Waals surface area contributed by atoms with E-state index in [0.29, 0.717) is 58.7 Å². The van der Waals surface area contributed by atoms with Crippen LogP contribution in [0.4, 0.5) is 18.3 Å². The van der Waals surface area contributed by atoms with Crippen LogP contribution in [0.25, 0.3) is 10.3 Å². The molecule has 1 fully saturated rings. The Kier molecular flexibility index (Phi) is 10.4. The van der Waals surface area contributed by atoms with E-state index in [1.165, 1.54) is 41.3 Å². The molecule has 3 aromatic heterocycles. The van der Waals surface area contributed by atoms with Crippen molar-refractivity contribution in [2.75, 3.05) is 23.7 Å². The Bertz CT molecular complexity index is 1570. The van der Waals surface area contributed by atoms with Crippen LogP contribution in [0, 0.1) is 4.64 Å². The number of fused-ring (bicyclic) bond motifs is 1. The molecule has 1 saturated heterocycles. The Hall–Kier alpha value is -3.43. The second-order valence-electron chi connectivity index (χ2n) is 8.88. The fourth-order valence-electron chi connectivity index (χ4n) is 3.93. The summed E-state index contributed by atoms with van der Waals surface area (Å²) in [6.07, 6.45) is -1.98. The van der Waals surface area contributed by atoms with E-state index in [2.05, 4.69) is 19.9 Å². The number of aromatic amines is 2. The molecular formula is C26H26F3N5O4S3. The number of aromatic nitrogens is 4. The lowest BCUT2D eigenvalue weighted by Gasteiger charge is -2.32. The minimum atomic E-state index is -4.48. The number of carboxylic acids is 1. The molecule has 41 heavy (non-hydrogen) atoms. The molecule has 4 heterocycles. The second kappa shape index (κ2) is 14.0. The van der Waals surface area contributed by atoms with Crippen molar-refractivity contribution in [2.45, 2.75) is 37.3 Å². The van der Waals surface area contributed by atoms with Gasteiger partial charge in [-0.25, -0.2) is 4.98 Å². The minimum Gasteiger partial charge on any atom is -0.490 e. The number of piperidine rings is 1. The topological polar surface area (TPSA) is 124 Å². The predicted octanol–water partition coefficient (Wildman–Crippen LogP) is 5.90. The van der Waals surface area contributed by atoms with Crippen LogP contribution in [0.2, 0.25) is 0 Å². The maximum absolute atomic E-state index is 13.2. The minimum absolute atomic E-state index is 0.0272. The van der Waals surface area contributed by atoms with E-state index in [9.17, 15) is 22.8 Å². The van der Waals surface area contributed by atoms with Gasteiger partial charge in [0.15, 0.2) is 10.8 Å². The predicted molar refractivity (Wildman–Crippen MR) is 155 cm³/mol. The van der Waals surface area contributed by atoms with E-state index in [-0.39, 0.29) is 23.8 Å². The summed E-state index contributed by atoms with van der Waals surface area (Å²) < 4.78 is 46.5. The lowest BCUT2D eigenvalue weighted by molar-refractivity contribution is -0.139. The zero-order valence-corrected chi connectivity index (χ0v) is 24.0. The third kappa shape index (κ3) is 8.78. The standard InChI is InChI=1S/C21H21F3N4O4S2.C5H5NS/c22-21(23,24)13-3-1-2-4-14(13)32-12-5-8-28(9-6-12)20-27-18-17(34-20)19(31)26-15(25-18)11-33-10-7-16(29)30;7-5-3-1-2-4-6-5/h1-4,12H,5-11H2,(H,29,30)(H,25,26,31);1-4H,(H,6,7). The number of rotatable bonds is 8. The molecule has 218 valence electrons. The summed E-state index contributed by atoms with van der Waals surface area (Å²) in [5.41, 5.74) is -0.759. The SMILES string of the molecule is O=C(O)CCSCc1nc2nc(N3CCC(Oc4ccccc4C(F)(F)F)CC3)sc2c(=O)[nH]1.S=c1cccc[nH]1. The highest BCUT2D eigenvalue weighted by atomic mass is 32.2. The highest BCUT2D eigenvalue weighted by Crippen LogP contribution is 2.37. The molecule has 0 bridgehead atoms. The molecule has 0 aliphatic carbocycles. The highest BCUT2D eigenvalue weighted by molar-refractivity contribution is 7.98. The number of carbonyl (C=O) groups is 1. The summed E-state index contributed by atoms with van der Waals surface area (Å²) in [6.45, 7) is 1.04. The molecule has 1 aromatic carbocycles. The molecule has 0 radical (unpaired) electrons. The number of anilines is 1. The molecule has 0 unspecified atom stereocenters. The first-order chi connectivity index (χ1) is 19.6. The van der Waals surface area contributed by atoms with Gasteiger partial charge in [-0.1, -0.05) is 41.8 Å². The molecule has 0 saturated carbocycles. The van der Waals surface area contributed by atoms with Gasteiger partial charge in [-0.3, -0.25) is 9.59 Å². The van der Waals surface area contributed by atoms with E-state index in [1.807, 2.05) is 29.3 Å². The number of ether oxygens (including phenoxy) is 1. The summed E-state index contributed by atoms with van der Waals surface area (Å²) >= 11 is 7.33. The average Bonchev–Trinajstić information content (AvgIpc) is 3.37. The fraction of sp³-hybridized carbons (Fsp3) is 0.346. The number of alkyl halides is 3. The van der Waals surface area contributed by atoms with Crippen molar-refractivity contribution in [3.63, 3.8) is 0 Å². The van der Waals surface area contributed by atoms with Crippen LogP contribution < -0.4 is 15.2 Å². The molecule has 3 N–H and O–H groups in total. The van der Waals surface area contributed by atoms with Gasteiger partial charge in [0.05, 0.1) is 17.7 Å². The van der Waals surface area contributed by atoms with E-state index >= 15 is 0 Å². The monoisotopic (exact) mass is 625 g/mol. The number of thioether (sulfide) groups is 1. The maximum Gasteiger partial charge on any atom is 0.419 e. The molecule has 5 rings (SSSR count). The highest BCUT2D eigenvalue weighted by Gasteiger charge is 2.35. The second-order valence-corrected chi connectivity index (χ2v) is 11.4. The number of benzene rings is 1. The van der Waals surface area contributed by atoms with Crippen LogP contribution in [-0.2, 0) is 16.7 Å². The number of pyridine rings is 1. The lowest BCUT2D eigenvalue weighted by Crippen LogP contribution is -2.38. The number of para-hydroxylation sites is 1. The molecule has 4 aromatic rings. The third-order valence-electron chi connectivity index (χ3n) is 5.88. The normalized spacial score (nSPS) is 14.0. The van der Waals surface area contributed by atoms with Gasteiger partial charge >= 0.3 is 12.1 Å². The van der Waals surface area contributed by atoms with Crippen LogP contribution in [0.5, 0.6) is 5.75 Å². The first-order valence-corrected chi connectivity index (χ1v) is 14.9. The number of H-pyrrole nitrogens is 2. The Morgan fingerprint density at radius 3 is 2.54 bits per heavy atom. The summed E-state index contributed by atoms with van der Waals surface area (Å²) in [7, 11) is 0. The van der Waals surface area contributed by atoms with E-state index < -0.39 is 17.7 Å². The Morgan fingerprint density at radius 1 is 1.17 bits per heavy atom. The summed E-state index contributed by atoms with van der Waals surface area (Å²) in [5, 5.41) is 9.33. The van der Waals surface area contributed by atoms with Crippen molar-refractivity contribution in [3.8, 4) is 5.75 Å². The van der Waals surface area contributed by atoms with Gasteiger partial charge in [0.2, 0.25) is 0 Å². The molecule has 0 spiro atoms. The number of nitrogens with zero attached hydrogens (tertiary/aromatic N) is 3. The van der Waals surface area contributed by atoms with E-state index in [4.69, 9.17) is 22.1 Å². The number of hydrogen-bond acceptors (Lipinski definition) is 9. The number of thiazole rings is 1. The average molecular weight is 626 g/mol. The molecule has 1 aliphatic rings. The van der Waals surface area contributed by atoms with Crippen LogP contribution >= 0.6 is 35.3 Å². The van der Waals surface area contributed by atoms with Crippen molar-refractivity contribution < 1.29 is 27.8 Å². The molecular weight excluding hydrogens is 600 g/mol. The van der Waals surface area contributed by atoms with Crippen molar-refractivity contribution in [2.24, 2.45) is 0 Å². The molecule has 1 aliphatic heterocycles. The van der Waals surface area contributed by atoms with Gasteiger partial charge < -0.3 is 24.7 Å². The van der Waals surface area contributed by atoms with Gasteiger partial charge in [0.25, 0.3) is 5.56 Å². The molecule has 0 amide bonds. The van der Waals surface area contributed by atoms with Crippen LogP contribution in [0.3, 0.4) is 0 Å². The first-order valence-electron chi connectivity index (χ1n) is 12.5. The Balaban J connectivity index is 0.000000483. The summed E-state index contributed by atoms with van der Waals surface area (Å²) in [5.74, 6) is 0.155. The van der Waals surface area contributed by atoms with Crippen molar-refractivity contribution in [1.82, 2.24) is 19.9 Å². The zero-order chi connectivity index (χ0) is 29.4. The lowest BCUT2D eigenvalue weighted by atomic mass is 10.1. The van der Waals surface area contributed by atoms with Crippen molar-refractivity contribution in [3.05, 3.63) is 75.0 Å². The molecule has 15 heteroatoms. The van der Waals surface area contributed by atoms with Gasteiger partial charge in [-0.15, -0.1) is 0 Å². The molecule has 9 nitrogen and oxygen atoms in total. The zero-order valence-electron chi connectivity index (χ0n) is 21.5. The Morgan fingerprint density at radius 2 is 1.90 bits per heavy atom. The largest absolute Gasteiger partial charge is 0.490 e. The van der Waals surface area contributed by atoms with Gasteiger partial charge in [0, 0.05) is 37.9 Å². The quantitative estimate of drug-likeness (QED) is 0.162. The number of halogens is 3. The third-order valence-corrected chi connectivity index (χ3v) is 8.21. The van der Waals surface area contributed by atoms with E-state index in [0.717, 1.165) is 10.7 Å². The van der Waals surface area contributed by atoms with E-state index in [1.54, 1.807) is 0 Å². The van der Waals surface area contributed by atoms with Gasteiger partial charge in [-0.05, 0) is 24.3 Å².